The van der Waals surface area contributed by atoms with E-state index in [9.17, 15) is 9.50 Å². The SMILES string of the molecule is OC(CCC1CC1)c1cncc(F)c1. The third-order valence-electron chi connectivity index (χ3n) is 2.66. The Morgan fingerprint density at radius 2 is 2.29 bits per heavy atom. The van der Waals surface area contributed by atoms with Crippen LogP contribution in [0.4, 0.5) is 4.39 Å². The largest absolute Gasteiger partial charge is 0.388 e. The second-order valence-electron chi connectivity index (χ2n) is 3.97. The standard InChI is InChI=1S/C11H14FNO/c12-10-5-9(6-13-7-10)11(14)4-3-8-1-2-8/h5-8,11,14H,1-4H2. The molecule has 1 aliphatic carbocycles. The average Bonchev–Trinajstić information content (AvgIpc) is 2.97. The molecular formula is C11H14FNO. The monoisotopic (exact) mass is 195 g/mol. The summed E-state index contributed by atoms with van der Waals surface area (Å²) < 4.78 is 12.8. The third-order valence-corrected chi connectivity index (χ3v) is 2.66. The molecule has 0 amide bonds. The zero-order valence-corrected chi connectivity index (χ0v) is 7.99. The van der Waals surface area contributed by atoms with Crippen molar-refractivity contribution in [1.29, 1.82) is 0 Å². The minimum absolute atomic E-state index is 0.382. The van der Waals surface area contributed by atoms with Crippen LogP contribution in [0.3, 0.4) is 0 Å². The second-order valence-corrected chi connectivity index (χ2v) is 3.97. The highest BCUT2D eigenvalue weighted by atomic mass is 19.1. The predicted octanol–water partition coefficient (Wildman–Crippen LogP) is 2.44. The van der Waals surface area contributed by atoms with E-state index in [1.54, 1.807) is 0 Å². The fourth-order valence-corrected chi connectivity index (χ4v) is 1.58. The number of nitrogens with zero attached hydrogens (tertiary/aromatic N) is 1. The van der Waals surface area contributed by atoms with E-state index in [2.05, 4.69) is 4.98 Å². The van der Waals surface area contributed by atoms with Crippen molar-refractivity contribution in [3.63, 3.8) is 0 Å². The first-order valence-electron chi connectivity index (χ1n) is 5.04. The molecule has 0 saturated heterocycles. The number of halogens is 1. The lowest BCUT2D eigenvalue weighted by atomic mass is 10.1. The van der Waals surface area contributed by atoms with E-state index in [0.29, 0.717) is 5.56 Å². The average molecular weight is 195 g/mol. The van der Waals surface area contributed by atoms with Gasteiger partial charge in [0.2, 0.25) is 0 Å². The summed E-state index contributed by atoms with van der Waals surface area (Å²) in [6.45, 7) is 0. The third kappa shape index (κ3) is 2.51. The van der Waals surface area contributed by atoms with Crippen LogP contribution in [0.5, 0.6) is 0 Å². The van der Waals surface area contributed by atoms with Crippen LogP contribution in [0.25, 0.3) is 0 Å². The van der Waals surface area contributed by atoms with Crippen molar-refractivity contribution in [3.8, 4) is 0 Å². The zero-order valence-electron chi connectivity index (χ0n) is 7.99. The molecule has 1 atom stereocenters. The van der Waals surface area contributed by atoms with Crippen molar-refractivity contribution >= 4 is 0 Å². The maximum atomic E-state index is 12.8. The molecule has 1 unspecified atom stereocenters. The molecule has 1 aliphatic rings. The first kappa shape index (κ1) is 9.59. The summed E-state index contributed by atoms with van der Waals surface area (Å²) in [5, 5.41) is 9.71. The van der Waals surface area contributed by atoms with Gasteiger partial charge in [0.15, 0.2) is 0 Å². The van der Waals surface area contributed by atoms with E-state index >= 15 is 0 Å². The summed E-state index contributed by atoms with van der Waals surface area (Å²) in [5.41, 5.74) is 0.589. The molecule has 2 nitrogen and oxygen atoms in total. The van der Waals surface area contributed by atoms with Crippen LogP contribution >= 0.6 is 0 Å². The molecule has 1 fully saturated rings. The van der Waals surface area contributed by atoms with Crippen LogP contribution < -0.4 is 0 Å². The van der Waals surface area contributed by atoms with E-state index < -0.39 is 6.10 Å². The normalized spacial score (nSPS) is 18.1. The number of hydrogen-bond acceptors (Lipinski definition) is 2. The van der Waals surface area contributed by atoms with E-state index in [1.807, 2.05) is 0 Å². The van der Waals surface area contributed by atoms with Gasteiger partial charge in [-0.05, 0) is 24.8 Å². The van der Waals surface area contributed by atoms with Crippen LogP contribution in [-0.4, -0.2) is 10.1 Å². The van der Waals surface area contributed by atoms with Gasteiger partial charge in [0, 0.05) is 11.8 Å². The Hall–Kier alpha value is -0.960. The van der Waals surface area contributed by atoms with Crippen LogP contribution in [0.2, 0.25) is 0 Å². The van der Waals surface area contributed by atoms with Crippen molar-refractivity contribution < 1.29 is 9.50 Å². The summed E-state index contributed by atoms with van der Waals surface area (Å²) in [6, 6.07) is 1.35. The quantitative estimate of drug-likeness (QED) is 0.800. The maximum absolute atomic E-state index is 12.8. The van der Waals surface area contributed by atoms with E-state index in [4.69, 9.17) is 0 Å². The van der Waals surface area contributed by atoms with Crippen LogP contribution in [0.15, 0.2) is 18.5 Å². The molecule has 0 radical (unpaired) electrons. The molecule has 1 heterocycles. The fraction of sp³-hybridized carbons (Fsp3) is 0.545. The molecule has 14 heavy (non-hydrogen) atoms. The number of aliphatic hydroxyl groups excluding tert-OH is 1. The van der Waals surface area contributed by atoms with Gasteiger partial charge in [-0.25, -0.2) is 4.39 Å². The Labute approximate surface area is 82.8 Å². The Balaban J connectivity index is 1.91. The molecular weight excluding hydrogens is 181 g/mol. The summed E-state index contributed by atoms with van der Waals surface area (Å²) in [5.74, 6) is 0.416. The highest BCUT2D eigenvalue weighted by molar-refractivity contribution is 5.13. The molecule has 2 rings (SSSR count). The summed E-state index contributed by atoms with van der Waals surface area (Å²) in [4.78, 5) is 3.71. The predicted molar refractivity (Wildman–Crippen MR) is 51.1 cm³/mol. The van der Waals surface area contributed by atoms with Gasteiger partial charge in [-0.3, -0.25) is 4.98 Å². The van der Waals surface area contributed by atoms with Gasteiger partial charge in [0.25, 0.3) is 0 Å². The van der Waals surface area contributed by atoms with Crippen molar-refractivity contribution in [2.24, 2.45) is 5.92 Å². The zero-order chi connectivity index (χ0) is 9.97. The van der Waals surface area contributed by atoms with Crippen molar-refractivity contribution in [3.05, 3.63) is 29.8 Å². The van der Waals surface area contributed by atoms with Gasteiger partial charge < -0.3 is 5.11 Å². The number of rotatable bonds is 4. The van der Waals surface area contributed by atoms with Crippen molar-refractivity contribution in [2.75, 3.05) is 0 Å². The Morgan fingerprint density at radius 1 is 1.50 bits per heavy atom. The second kappa shape index (κ2) is 4.05. The maximum Gasteiger partial charge on any atom is 0.141 e. The molecule has 0 aromatic carbocycles. The molecule has 1 N–H and O–H groups in total. The molecule has 0 bridgehead atoms. The number of hydrogen-bond donors (Lipinski definition) is 1. The van der Waals surface area contributed by atoms with Gasteiger partial charge in [-0.2, -0.15) is 0 Å². The highest BCUT2D eigenvalue weighted by Gasteiger charge is 2.22. The Bertz CT molecular complexity index is 312. The van der Waals surface area contributed by atoms with E-state index in [-0.39, 0.29) is 5.82 Å². The topological polar surface area (TPSA) is 33.1 Å². The van der Waals surface area contributed by atoms with Gasteiger partial charge in [-0.1, -0.05) is 12.8 Å². The smallest absolute Gasteiger partial charge is 0.141 e. The van der Waals surface area contributed by atoms with Gasteiger partial charge in [-0.15, -0.1) is 0 Å². The molecule has 3 heteroatoms. The molecule has 1 aromatic heterocycles. The minimum atomic E-state index is -0.557. The van der Waals surface area contributed by atoms with Gasteiger partial charge in [0.1, 0.15) is 5.82 Å². The first-order chi connectivity index (χ1) is 6.75. The van der Waals surface area contributed by atoms with Crippen LogP contribution in [0.1, 0.15) is 37.4 Å². The van der Waals surface area contributed by atoms with Gasteiger partial charge >= 0.3 is 0 Å². The van der Waals surface area contributed by atoms with Gasteiger partial charge in [0.05, 0.1) is 12.3 Å². The van der Waals surface area contributed by atoms with Crippen molar-refractivity contribution in [1.82, 2.24) is 4.98 Å². The van der Waals surface area contributed by atoms with E-state index in [1.165, 1.54) is 25.1 Å². The molecule has 0 aliphatic heterocycles. The minimum Gasteiger partial charge on any atom is -0.388 e. The number of aromatic nitrogens is 1. The Morgan fingerprint density at radius 3 is 2.93 bits per heavy atom. The van der Waals surface area contributed by atoms with Crippen LogP contribution in [-0.2, 0) is 0 Å². The summed E-state index contributed by atoms with van der Waals surface area (Å²) in [6.07, 6.45) is 6.45. The highest BCUT2D eigenvalue weighted by Crippen LogP contribution is 2.35. The summed E-state index contributed by atoms with van der Waals surface area (Å²) in [7, 11) is 0. The molecule has 1 saturated carbocycles. The lowest BCUT2D eigenvalue weighted by Gasteiger charge is -2.09. The number of aliphatic hydroxyl groups is 1. The number of pyridine rings is 1. The molecule has 1 aromatic rings. The lowest BCUT2D eigenvalue weighted by molar-refractivity contribution is 0.161. The fourth-order valence-electron chi connectivity index (χ4n) is 1.58. The summed E-state index contributed by atoms with van der Waals surface area (Å²) >= 11 is 0. The lowest BCUT2D eigenvalue weighted by Crippen LogP contribution is -1.99. The molecule has 76 valence electrons. The van der Waals surface area contributed by atoms with E-state index in [0.717, 1.165) is 25.0 Å². The van der Waals surface area contributed by atoms with Crippen LogP contribution in [0, 0.1) is 11.7 Å². The van der Waals surface area contributed by atoms with Crippen molar-refractivity contribution in [2.45, 2.75) is 31.8 Å². The first-order valence-corrected chi connectivity index (χ1v) is 5.04. The Kier molecular flexibility index (Phi) is 2.77. The molecule has 0 spiro atoms.